The first-order chi connectivity index (χ1) is 11.2. The van der Waals surface area contributed by atoms with Crippen LogP contribution in [0.3, 0.4) is 0 Å². The zero-order chi connectivity index (χ0) is 16.1. The van der Waals surface area contributed by atoms with Crippen LogP contribution in [-0.4, -0.2) is 38.1 Å². The summed E-state index contributed by atoms with van der Waals surface area (Å²) in [7, 11) is 1.67. The third-order valence-corrected chi connectivity index (χ3v) is 4.32. The number of aliphatic imine (C=N–C) groups is 1. The highest BCUT2D eigenvalue weighted by atomic mass is 16.7. The van der Waals surface area contributed by atoms with Crippen molar-refractivity contribution in [2.24, 2.45) is 10.7 Å². The van der Waals surface area contributed by atoms with E-state index in [9.17, 15) is 0 Å². The van der Waals surface area contributed by atoms with Gasteiger partial charge in [-0.15, -0.1) is 0 Å². The summed E-state index contributed by atoms with van der Waals surface area (Å²) in [5, 5.41) is 3.13. The average Bonchev–Trinajstić information content (AvgIpc) is 3.18. The number of anilines is 1. The number of nitrogens with one attached hydrogen (secondary N) is 1. The van der Waals surface area contributed by atoms with Gasteiger partial charge in [-0.05, 0) is 18.9 Å². The van der Waals surface area contributed by atoms with Crippen molar-refractivity contribution < 1.29 is 14.2 Å². The van der Waals surface area contributed by atoms with Crippen LogP contribution in [0.4, 0.5) is 5.69 Å². The Morgan fingerprint density at radius 1 is 1.39 bits per heavy atom. The maximum Gasteiger partial charge on any atom is 0.193 e. The van der Waals surface area contributed by atoms with Crippen molar-refractivity contribution in [1.82, 2.24) is 0 Å². The van der Waals surface area contributed by atoms with Gasteiger partial charge in [0.1, 0.15) is 6.10 Å². The zero-order valence-electron chi connectivity index (χ0n) is 13.6. The van der Waals surface area contributed by atoms with E-state index in [0.29, 0.717) is 25.7 Å². The fourth-order valence-corrected chi connectivity index (χ4v) is 3.18. The lowest BCUT2D eigenvalue weighted by atomic mass is 10.2. The third kappa shape index (κ3) is 4.02. The molecule has 1 spiro atoms. The molecule has 6 heteroatoms. The Bertz CT molecular complexity index is 556. The summed E-state index contributed by atoms with van der Waals surface area (Å²) in [5.41, 5.74) is 7.94. The monoisotopic (exact) mass is 319 g/mol. The number of benzene rings is 1. The molecule has 1 aliphatic carbocycles. The fraction of sp³-hybridized carbons (Fsp3) is 0.588. The molecule has 0 bridgehead atoms. The van der Waals surface area contributed by atoms with Gasteiger partial charge in [0, 0.05) is 31.2 Å². The second-order valence-corrected chi connectivity index (χ2v) is 6.11. The number of rotatable bonds is 5. The summed E-state index contributed by atoms with van der Waals surface area (Å²) < 4.78 is 17.1. The molecule has 126 valence electrons. The topological polar surface area (TPSA) is 78.1 Å². The van der Waals surface area contributed by atoms with Gasteiger partial charge in [-0.25, -0.2) is 0 Å². The lowest BCUT2D eigenvalue weighted by Crippen LogP contribution is -2.29. The van der Waals surface area contributed by atoms with Crippen molar-refractivity contribution in [1.29, 1.82) is 0 Å². The molecule has 1 aromatic carbocycles. The van der Waals surface area contributed by atoms with Gasteiger partial charge in [-0.3, -0.25) is 4.99 Å². The third-order valence-electron chi connectivity index (χ3n) is 4.32. The summed E-state index contributed by atoms with van der Waals surface area (Å²) >= 11 is 0. The SMILES string of the molecule is COCc1ccccc1NC(N)=NCC1COC2(CCCC2)O1. The number of hydrogen-bond acceptors (Lipinski definition) is 4. The van der Waals surface area contributed by atoms with Crippen LogP contribution in [0.25, 0.3) is 0 Å². The van der Waals surface area contributed by atoms with E-state index in [-0.39, 0.29) is 11.9 Å². The molecule has 0 amide bonds. The number of hydrogen-bond donors (Lipinski definition) is 2. The van der Waals surface area contributed by atoms with Crippen molar-refractivity contribution in [3.8, 4) is 0 Å². The molecule has 3 N–H and O–H groups in total. The summed E-state index contributed by atoms with van der Waals surface area (Å²) in [6, 6.07) is 7.88. The van der Waals surface area contributed by atoms with Gasteiger partial charge >= 0.3 is 0 Å². The molecule has 1 atom stereocenters. The molecule has 1 heterocycles. The number of guanidine groups is 1. The van der Waals surface area contributed by atoms with Crippen LogP contribution >= 0.6 is 0 Å². The number of nitrogens with zero attached hydrogens (tertiary/aromatic N) is 1. The first-order valence-electron chi connectivity index (χ1n) is 8.16. The molecule has 2 aliphatic rings. The van der Waals surface area contributed by atoms with E-state index >= 15 is 0 Å². The Balaban J connectivity index is 1.54. The van der Waals surface area contributed by atoms with Gasteiger partial charge in [0.05, 0.1) is 19.8 Å². The van der Waals surface area contributed by atoms with Crippen molar-refractivity contribution >= 4 is 11.6 Å². The molecule has 1 aromatic rings. The molecule has 3 rings (SSSR count). The molecule has 0 radical (unpaired) electrons. The van der Waals surface area contributed by atoms with Crippen molar-refractivity contribution in [2.45, 2.75) is 44.2 Å². The van der Waals surface area contributed by atoms with E-state index in [1.165, 1.54) is 12.8 Å². The lowest BCUT2D eigenvalue weighted by molar-refractivity contribution is -0.160. The number of nitrogens with two attached hydrogens (primary N) is 1. The van der Waals surface area contributed by atoms with Crippen LogP contribution in [0, 0.1) is 0 Å². The Morgan fingerprint density at radius 3 is 2.96 bits per heavy atom. The minimum atomic E-state index is -0.340. The normalized spacial score (nSPS) is 23.5. The van der Waals surface area contributed by atoms with Gasteiger partial charge in [-0.1, -0.05) is 18.2 Å². The van der Waals surface area contributed by atoms with E-state index in [2.05, 4.69) is 10.3 Å². The van der Waals surface area contributed by atoms with Crippen LogP contribution in [0.1, 0.15) is 31.2 Å². The summed E-state index contributed by atoms with van der Waals surface area (Å²) in [4.78, 5) is 4.39. The minimum Gasteiger partial charge on any atom is -0.380 e. The van der Waals surface area contributed by atoms with Crippen LogP contribution in [0.15, 0.2) is 29.3 Å². The lowest BCUT2D eigenvalue weighted by Gasteiger charge is -2.21. The molecule has 2 fully saturated rings. The summed E-state index contributed by atoms with van der Waals surface area (Å²) in [6.07, 6.45) is 4.32. The quantitative estimate of drug-likeness (QED) is 0.643. The van der Waals surface area contributed by atoms with E-state index < -0.39 is 0 Å². The van der Waals surface area contributed by atoms with Crippen LogP contribution in [-0.2, 0) is 20.8 Å². The highest BCUT2D eigenvalue weighted by molar-refractivity contribution is 5.92. The smallest absolute Gasteiger partial charge is 0.193 e. The Kier molecular flexibility index (Phi) is 5.15. The van der Waals surface area contributed by atoms with Crippen molar-refractivity contribution in [2.75, 3.05) is 25.6 Å². The predicted molar refractivity (Wildman–Crippen MR) is 89.3 cm³/mol. The standard InChI is InChI=1S/C17H25N3O3/c1-21-11-13-6-2-3-7-15(13)20-16(18)19-10-14-12-22-17(23-14)8-4-5-9-17/h2-3,6-7,14H,4-5,8-12H2,1H3,(H3,18,19,20). The van der Waals surface area contributed by atoms with Crippen molar-refractivity contribution in [3.63, 3.8) is 0 Å². The zero-order valence-corrected chi connectivity index (χ0v) is 13.6. The van der Waals surface area contributed by atoms with E-state index in [0.717, 1.165) is 24.1 Å². The molecule has 1 unspecified atom stereocenters. The second-order valence-electron chi connectivity index (χ2n) is 6.11. The van der Waals surface area contributed by atoms with Gasteiger partial charge in [0.2, 0.25) is 0 Å². The van der Waals surface area contributed by atoms with Crippen molar-refractivity contribution in [3.05, 3.63) is 29.8 Å². The van der Waals surface area contributed by atoms with Crippen LogP contribution in [0.2, 0.25) is 0 Å². The van der Waals surface area contributed by atoms with Gasteiger partial charge in [-0.2, -0.15) is 0 Å². The number of ether oxygens (including phenoxy) is 3. The molecule has 1 saturated carbocycles. The highest BCUT2D eigenvalue weighted by Gasteiger charge is 2.43. The molecular weight excluding hydrogens is 294 g/mol. The molecule has 1 aliphatic heterocycles. The number of para-hydroxylation sites is 1. The first-order valence-corrected chi connectivity index (χ1v) is 8.16. The maximum absolute atomic E-state index is 6.04. The fourth-order valence-electron chi connectivity index (χ4n) is 3.18. The molecule has 0 aromatic heterocycles. The summed E-state index contributed by atoms with van der Waals surface area (Å²) in [6.45, 7) is 1.63. The van der Waals surface area contributed by atoms with Crippen LogP contribution in [0.5, 0.6) is 0 Å². The van der Waals surface area contributed by atoms with Gasteiger partial charge in [0.25, 0.3) is 0 Å². The first kappa shape index (κ1) is 16.2. The maximum atomic E-state index is 6.04. The minimum absolute atomic E-state index is 0.0114. The molecule has 6 nitrogen and oxygen atoms in total. The van der Waals surface area contributed by atoms with Gasteiger partial charge in [0.15, 0.2) is 11.7 Å². The highest BCUT2D eigenvalue weighted by Crippen LogP contribution is 2.39. The second kappa shape index (κ2) is 7.29. The van der Waals surface area contributed by atoms with E-state index in [1.54, 1.807) is 7.11 Å². The van der Waals surface area contributed by atoms with E-state index in [4.69, 9.17) is 19.9 Å². The molecule has 23 heavy (non-hydrogen) atoms. The molecular formula is C17H25N3O3. The van der Waals surface area contributed by atoms with Gasteiger partial charge < -0.3 is 25.3 Å². The Hall–Kier alpha value is -1.63. The Morgan fingerprint density at radius 2 is 2.17 bits per heavy atom. The molecule has 1 saturated heterocycles. The Labute approximate surface area is 137 Å². The largest absolute Gasteiger partial charge is 0.380 e. The number of methoxy groups -OCH3 is 1. The van der Waals surface area contributed by atoms with E-state index in [1.807, 2.05) is 24.3 Å². The average molecular weight is 319 g/mol. The predicted octanol–water partition coefficient (Wildman–Crippen LogP) is 2.25. The van der Waals surface area contributed by atoms with Crippen LogP contribution < -0.4 is 11.1 Å². The summed E-state index contributed by atoms with van der Waals surface area (Å²) in [5.74, 6) is 0.0394.